The monoisotopic (exact) mass is 393 g/mol. The number of likely N-dealkylation sites (N-methyl/N-ethyl adjacent to an activating group) is 1. The Labute approximate surface area is 151 Å². The Balaban J connectivity index is 2.07. The molecule has 0 N–H and O–H groups in total. The lowest BCUT2D eigenvalue weighted by molar-refractivity contribution is -0.137. The molecule has 1 aliphatic rings. The lowest BCUT2D eigenvalue weighted by Crippen LogP contribution is -2.54. The van der Waals surface area contributed by atoms with Crippen molar-refractivity contribution < 1.29 is 26.4 Å². The third-order valence-corrected chi connectivity index (χ3v) is 6.35. The summed E-state index contributed by atoms with van der Waals surface area (Å²) in [6, 6.07) is 3.12. The van der Waals surface area contributed by atoms with Crippen molar-refractivity contribution in [1.29, 1.82) is 0 Å². The van der Waals surface area contributed by atoms with Gasteiger partial charge in [-0.25, -0.2) is 8.42 Å². The predicted molar refractivity (Wildman–Crippen MR) is 89.9 cm³/mol. The molecule has 0 aromatic heterocycles. The molecule has 6 nitrogen and oxygen atoms in total. The number of carbonyl (C=O) groups excluding carboxylic acids is 1. The molecular formula is C16H22F3N3O3S. The summed E-state index contributed by atoms with van der Waals surface area (Å²) in [5, 5.41) is 0. The summed E-state index contributed by atoms with van der Waals surface area (Å²) in [7, 11) is -0.552. The molecule has 2 rings (SSSR count). The van der Waals surface area contributed by atoms with E-state index in [4.69, 9.17) is 0 Å². The highest BCUT2D eigenvalue weighted by molar-refractivity contribution is 7.89. The molecule has 1 heterocycles. The van der Waals surface area contributed by atoms with Gasteiger partial charge in [-0.2, -0.15) is 17.5 Å². The Morgan fingerprint density at radius 1 is 1.08 bits per heavy atom. The highest BCUT2D eigenvalue weighted by atomic mass is 32.2. The van der Waals surface area contributed by atoms with E-state index in [2.05, 4.69) is 0 Å². The van der Waals surface area contributed by atoms with E-state index < -0.39 is 21.8 Å². The van der Waals surface area contributed by atoms with E-state index in [1.54, 1.807) is 21.0 Å². The van der Waals surface area contributed by atoms with Gasteiger partial charge >= 0.3 is 6.18 Å². The number of rotatable bonds is 4. The van der Waals surface area contributed by atoms with Crippen molar-refractivity contribution >= 4 is 15.9 Å². The molecule has 26 heavy (non-hydrogen) atoms. The predicted octanol–water partition coefficient (Wildman–Crippen LogP) is 1.49. The number of hydrogen-bond donors (Lipinski definition) is 0. The zero-order valence-electron chi connectivity index (χ0n) is 14.8. The maximum Gasteiger partial charge on any atom is 0.416 e. The molecule has 0 bridgehead atoms. The molecule has 0 radical (unpaired) electrons. The maximum atomic E-state index is 12.6. The van der Waals surface area contributed by atoms with Gasteiger partial charge in [0.15, 0.2) is 0 Å². The van der Waals surface area contributed by atoms with Crippen LogP contribution in [-0.2, 0) is 21.0 Å². The van der Waals surface area contributed by atoms with Gasteiger partial charge in [-0.15, -0.1) is 0 Å². The van der Waals surface area contributed by atoms with Gasteiger partial charge < -0.3 is 4.90 Å². The smallest absolute Gasteiger partial charge is 0.347 e. The fourth-order valence-electron chi connectivity index (χ4n) is 2.83. The molecule has 0 saturated carbocycles. The molecule has 1 amide bonds. The molecule has 1 aliphatic heterocycles. The van der Waals surface area contributed by atoms with E-state index in [0.717, 1.165) is 24.3 Å². The van der Waals surface area contributed by atoms with Crippen LogP contribution in [0.1, 0.15) is 12.5 Å². The topological polar surface area (TPSA) is 60.9 Å². The Morgan fingerprint density at radius 2 is 1.58 bits per heavy atom. The van der Waals surface area contributed by atoms with Crippen LogP contribution in [-0.4, -0.2) is 74.7 Å². The number of nitrogens with zero attached hydrogens (tertiary/aromatic N) is 3. The number of sulfonamides is 1. The summed E-state index contributed by atoms with van der Waals surface area (Å²) in [6.45, 7) is 2.87. The van der Waals surface area contributed by atoms with Crippen LogP contribution in [0, 0.1) is 0 Å². The minimum absolute atomic E-state index is 0.0657. The fraction of sp³-hybridized carbons (Fsp3) is 0.562. The number of hydrogen-bond acceptors (Lipinski definition) is 4. The van der Waals surface area contributed by atoms with E-state index in [0.29, 0.717) is 13.1 Å². The van der Waals surface area contributed by atoms with Crippen LogP contribution >= 0.6 is 0 Å². The van der Waals surface area contributed by atoms with Crippen LogP contribution < -0.4 is 0 Å². The number of carbonyl (C=O) groups is 1. The summed E-state index contributed by atoms with van der Waals surface area (Å²) < 4.78 is 64.3. The van der Waals surface area contributed by atoms with Crippen LogP contribution in [0.3, 0.4) is 0 Å². The van der Waals surface area contributed by atoms with Crippen molar-refractivity contribution in [3.8, 4) is 0 Å². The number of benzene rings is 1. The van der Waals surface area contributed by atoms with Gasteiger partial charge in [-0.1, -0.05) is 0 Å². The summed E-state index contributed by atoms with van der Waals surface area (Å²) in [4.78, 5) is 15.2. The van der Waals surface area contributed by atoms with Crippen LogP contribution in [0.4, 0.5) is 13.2 Å². The molecule has 10 heteroatoms. The number of alkyl halides is 3. The molecule has 1 atom stereocenters. The molecule has 0 aliphatic carbocycles. The standard InChI is InChI=1S/C16H22F3N3O3S/c1-12(15(23)20(2)3)21-8-10-22(11-9-21)26(24,25)14-6-4-13(5-7-14)16(17,18)19/h4-7,12H,8-11H2,1-3H3/t12-/m1/s1. The Morgan fingerprint density at radius 3 is 2.00 bits per heavy atom. The lowest BCUT2D eigenvalue weighted by atomic mass is 10.2. The van der Waals surface area contributed by atoms with E-state index >= 15 is 0 Å². The Bertz CT molecular complexity index is 740. The van der Waals surface area contributed by atoms with Crippen molar-refractivity contribution in [3.05, 3.63) is 29.8 Å². The van der Waals surface area contributed by atoms with E-state index in [1.165, 1.54) is 9.21 Å². The maximum absolute atomic E-state index is 12.6. The zero-order valence-corrected chi connectivity index (χ0v) is 15.6. The molecule has 1 saturated heterocycles. The molecule has 0 spiro atoms. The lowest BCUT2D eigenvalue weighted by Gasteiger charge is -2.37. The van der Waals surface area contributed by atoms with E-state index in [1.807, 2.05) is 4.90 Å². The van der Waals surface area contributed by atoms with Gasteiger partial charge in [-0.05, 0) is 31.2 Å². The third kappa shape index (κ3) is 4.36. The highest BCUT2D eigenvalue weighted by Gasteiger charge is 2.34. The van der Waals surface area contributed by atoms with Crippen LogP contribution in [0.15, 0.2) is 29.2 Å². The molecule has 1 aromatic carbocycles. The highest BCUT2D eigenvalue weighted by Crippen LogP contribution is 2.30. The summed E-state index contributed by atoms with van der Waals surface area (Å²) in [5.74, 6) is -0.0657. The minimum Gasteiger partial charge on any atom is -0.347 e. The van der Waals surface area contributed by atoms with Crippen molar-refractivity contribution in [2.45, 2.75) is 24.0 Å². The van der Waals surface area contributed by atoms with Gasteiger partial charge in [0.25, 0.3) is 0 Å². The summed E-state index contributed by atoms with van der Waals surface area (Å²) in [5.41, 5.74) is -0.891. The number of piperazine rings is 1. The molecule has 1 fully saturated rings. The first-order valence-electron chi connectivity index (χ1n) is 8.07. The van der Waals surface area contributed by atoms with Gasteiger partial charge in [-0.3, -0.25) is 9.69 Å². The second kappa shape index (κ2) is 7.53. The zero-order chi connectivity index (χ0) is 19.7. The normalized spacial score (nSPS) is 18.5. The van der Waals surface area contributed by atoms with Gasteiger partial charge in [0.2, 0.25) is 15.9 Å². The quantitative estimate of drug-likeness (QED) is 0.778. The minimum atomic E-state index is -4.51. The van der Waals surface area contributed by atoms with Gasteiger partial charge in [0, 0.05) is 40.3 Å². The van der Waals surface area contributed by atoms with Crippen molar-refractivity contribution in [2.75, 3.05) is 40.3 Å². The Kier molecular flexibility index (Phi) is 5.99. The third-order valence-electron chi connectivity index (χ3n) is 4.44. The second-order valence-electron chi connectivity index (χ2n) is 6.37. The average molecular weight is 393 g/mol. The number of halogens is 3. The Hall–Kier alpha value is -1.65. The number of amides is 1. The summed E-state index contributed by atoms with van der Waals surface area (Å²) in [6.07, 6.45) is -4.51. The first-order valence-corrected chi connectivity index (χ1v) is 9.51. The molecule has 1 aromatic rings. The van der Waals surface area contributed by atoms with Crippen LogP contribution in [0.5, 0.6) is 0 Å². The van der Waals surface area contributed by atoms with Gasteiger partial charge in [0.1, 0.15) is 0 Å². The second-order valence-corrected chi connectivity index (χ2v) is 8.31. The van der Waals surface area contributed by atoms with Crippen molar-refractivity contribution in [3.63, 3.8) is 0 Å². The van der Waals surface area contributed by atoms with E-state index in [-0.39, 0.29) is 29.9 Å². The van der Waals surface area contributed by atoms with E-state index in [9.17, 15) is 26.4 Å². The van der Waals surface area contributed by atoms with Crippen molar-refractivity contribution in [2.24, 2.45) is 0 Å². The first-order chi connectivity index (χ1) is 11.9. The molecular weight excluding hydrogens is 371 g/mol. The molecule has 0 unspecified atom stereocenters. The largest absolute Gasteiger partial charge is 0.416 e. The summed E-state index contributed by atoms with van der Waals surface area (Å²) >= 11 is 0. The van der Waals surface area contributed by atoms with Crippen LogP contribution in [0.25, 0.3) is 0 Å². The fourth-order valence-corrected chi connectivity index (χ4v) is 4.25. The van der Waals surface area contributed by atoms with Gasteiger partial charge in [0.05, 0.1) is 16.5 Å². The first kappa shape index (κ1) is 20.7. The molecule has 146 valence electrons. The van der Waals surface area contributed by atoms with Crippen molar-refractivity contribution in [1.82, 2.24) is 14.1 Å². The average Bonchev–Trinajstić information content (AvgIpc) is 2.59. The SMILES string of the molecule is C[C@H](C(=O)N(C)C)N1CCN(S(=O)(=O)c2ccc(C(F)(F)F)cc2)CC1. The van der Waals surface area contributed by atoms with Crippen LogP contribution in [0.2, 0.25) is 0 Å².